The largest absolute Gasteiger partial charge is 0.382 e. The third kappa shape index (κ3) is 2.67. The molecule has 1 fully saturated rings. The molecule has 0 spiro atoms. The lowest BCUT2D eigenvalue weighted by molar-refractivity contribution is 0.626. The number of nitrogens with zero attached hydrogens (tertiary/aromatic N) is 2. The number of aromatic nitrogens is 2. The van der Waals surface area contributed by atoms with Gasteiger partial charge in [-0.15, -0.1) is 0 Å². The second-order valence-electron chi connectivity index (χ2n) is 5.17. The van der Waals surface area contributed by atoms with Crippen LogP contribution in [0.2, 0.25) is 0 Å². The molecule has 20 heavy (non-hydrogen) atoms. The molecule has 1 heterocycles. The first-order valence-electron chi connectivity index (χ1n) is 7.07. The van der Waals surface area contributed by atoms with E-state index in [1.807, 2.05) is 10.9 Å². The first-order chi connectivity index (χ1) is 9.79. The highest BCUT2D eigenvalue weighted by atomic mass is 19.1. The summed E-state index contributed by atoms with van der Waals surface area (Å²) in [4.78, 5) is 0. The lowest BCUT2D eigenvalue weighted by atomic mass is 10.2. The van der Waals surface area contributed by atoms with Gasteiger partial charge in [0.25, 0.3) is 0 Å². The van der Waals surface area contributed by atoms with Crippen LogP contribution in [-0.4, -0.2) is 22.9 Å². The van der Waals surface area contributed by atoms with Crippen molar-refractivity contribution in [3.05, 3.63) is 42.0 Å². The number of nitrogens with one attached hydrogen (secondary N) is 1. The summed E-state index contributed by atoms with van der Waals surface area (Å²) in [5.74, 6) is 0.332. The molecule has 0 radical (unpaired) electrons. The second-order valence-corrected chi connectivity index (χ2v) is 5.17. The van der Waals surface area contributed by atoms with Gasteiger partial charge in [0.1, 0.15) is 5.82 Å². The van der Waals surface area contributed by atoms with Crippen LogP contribution in [0.15, 0.2) is 30.5 Å². The van der Waals surface area contributed by atoms with Crippen LogP contribution in [0, 0.1) is 5.82 Å². The van der Waals surface area contributed by atoms with Gasteiger partial charge in [0.2, 0.25) is 0 Å². The molecule has 1 aromatic carbocycles. The van der Waals surface area contributed by atoms with Crippen LogP contribution in [0.1, 0.15) is 30.9 Å². The minimum absolute atomic E-state index is 0.227. The smallest absolute Gasteiger partial charge is 0.123 e. The predicted molar refractivity (Wildman–Crippen MR) is 77.7 cm³/mol. The van der Waals surface area contributed by atoms with Gasteiger partial charge in [-0.1, -0.05) is 0 Å². The normalized spacial score (nSPS) is 14.5. The van der Waals surface area contributed by atoms with Gasteiger partial charge in [-0.2, -0.15) is 5.10 Å². The molecule has 0 saturated heterocycles. The molecular formula is C15H19FN4. The van der Waals surface area contributed by atoms with Gasteiger partial charge in [-0.3, -0.25) is 0 Å². The van der Waals surface area contributed by atoms with Crippen molar-refractivity contribution < 1.29 is 4.39 Å². The molecule has 0 aliphatic heterocycles. The molecule has 106 valence electrons. The summed E-state index contributed by atoms with van der Waals surface area (Å²) in [5.41, 5.74) is 8.70. The van der Waals surface area contributed by atoms with Crippen LogP contribution >= 0.6 is 0 Å². The van der Waals surface area contributed by atoms with Gasteiger partial charge >= 0.3 is 0 Å². The number of benzene rings is 1. The standard InChI is InChI=1S/C15H19FN4/c16-12-4-6-13(7-5-12)20-15(11-2-3-11)14(10-19-20)18-9-1-8-17/h4-7,10-11,18H,1-3,8-9,17H2. The molecule has 3 rings (SSSR count). The number of rotatable bonds is 6. The van der Waals surface area contributed by atoms with Gasteiger partial charge in [-0.05, 0) is 50.1 Å². The molecule has 1 aromatic heterocycles. The Hall–Kier alpha value is -1.88. The van der Waals surface area contributed by atoms with Crippen molar-refractivity contribution in [2.75, 3.05) is 18.4 Å². The third-order valence-corrected chi connectivity index (χ3v) is 3.54. The average Bonchev–Trinajstić information content (AvgIpc) is 3.21. The molecule has 0 unspecified atom stereocenters. The lowest BCUT2D eigenvalue weighted by Gasteiger charge is -2.10. The van der Waals surface area contributed by atoms with E-state index >= 15 is 0 Å². The van der Waals surface area contributed by atoms with Crippen molar-refractivity contribution in [3.8, 4) is 5.69 Å². The summed E-state index contributed by atoms with van der Waals surface area (Å²) in [5, 5.41) is 7.86. The quantitative estimate of drug-likeness (QED) is 0.796. The summed E-state index contributed by atoms with van der Waals surface area (Å²) in [7, 11) is 0. The van der Waals surface area contributed by atoms with Crippen molar-refractivity contribution in [2.24, 2.45) is 5.73 Å². The minimum Gasteiger partial charge on any atom is -0.382 e. The second kappa shape index (κ2) is 5.63. The molecule has 0 bridgehead atoms. The predicted octanol–water partition coefficient (Wildman–Crippen LogP) is 2.65. The molecular weight excluding hydrogens is 255 g/mol. The van der Waals surface area contributed by atoms with Crippen LogP contribution in [0.4, 0.5) is 10.1 Å². The van der Waals surface area contributed by atoms with E-state index in [-0.39, 0.29) is 5.82 Å². The van der Waals surface area contributed by atoms with E-state index in [2.05, 4.69) is 10.4 Å². The van der Waals surface area contributed by atoms with E-state index in [1.54, 1.807) is 12.1 Å². The van der Waals surface area contributed by atoms with Gasteiger partial charge < -0.3 is 11.1 Å². The van der Waals surface area contributed by atoms with Gasteiger partial charge in [0.15, 0.2) is 0 Å². The fraction of sp³-hybridized carbons (Fsp3) is 0.400. The molecule has 4 nitrogen and oxygen atoms in total. The monoisotopic (exact) mass is 274 g/mol. The molecule has 1 aliphatic rings. The Bertz CT molecular complexity index is 572. The third-order valence-electron chi connectivity index (χ3n) is 3.54. The van der Waals surface area contributed by atoms with E-state index in [0.29, 0.717) is 12.5 Å². The summed E-state index contributed by atoms with van der Waals surface area (Å²) in [6.45, 7) is 1.53. The number of anilines is 1. The Morgan fingerprint density at radius 2 is 2.05 bits per heavy atom. The summed E-state index contributed by atoms with van der Waals surface area (Å²) < 4.78 is 14.9. The van der Waals surface area contributed by atoms with E-state index in [4.69, 9.17) is 5.73 Å². The Morgan fingerprint density at radius 1 is 1.30 bits per heavy atom. The fourth-order valence-corrected chi connectivity index (χ4v) is 2.36. The molecule has 0 atom stereocenters. The highest BCUT2D eigenvalue weighted by Crippen LogP contribution is 2.44. The highest BCUT2D eigenvalue weighted by molar-refractivity contribution is 5.53. The summed E-state index contributed by atoms with van der Waals surface area (Å²) in [6.07, 6.45) is 5.18. The molecule has 2 aromatic rings. The highest BCUT2D eigenvalue weighted by Gasteiger charge is 2.30. The van der Waals surface area contributed by atoms with E-state index in [9.17, 15) is 4.39 Å². The van der Waals surface area contributed by atoms with E-state index < -0.39 is 0 Å². The zero-order valence-corrected chi connectivity index (χ0v) is 11.3. The SMILES string of the molecule is NCCCNc1cnn(-c2ccc(F)cc2)c1C1CC1. The molecule has 5 heteroatoms. The Morgan fingerprint density at radius 3 is 2.70 bits per heavy atom. The molecule has 1 saturated carbocycles. The maximum atomic E-state index is 13.0. The minimum atomic E-state index is -0.227. The van der Waals surface area contributed by atoms with Gasteiger partial charge in [-0.25, -0.2) is 9.07 Å². The van der Waals surface area contributed by atoms with Crippen molar-refractivity contribution in [2.45, 2.75) is 25.2 Å². The number of nitrogens with two attached hydrogens (primary N) is 1. The number of hydrogen-bond acceptors (Lipinski definition) is 3. The van der Waals surface area contributed by atoms with Gasteiger partial charge in [0.05, 0.1) is 23.3 Å². The molecule has 3 N–H and O–H groups in total. The molecule has 0 amide bonds. The van der Waals surface area contributed by atoms with Crippen LogP contribution < -0.4 is 11.1 Å². The summed E-state index contributed by atoms with van der Waals surface area (Å²) >= 11 is 0. The first kappa shape index (κ1) is 13.1. The van der Waals surface area contributed by atoms with Crippen molar-refractivity contribution in [1.82, 2.24) is 9.78 Å². The van der Waals surface area contributed by atoms with Crippen molar-refractivity contribution >= 4 is 5.69 Å². The van der Waals surface area contributed by atoms with Crippen LogP contribution in [0.5, 0.6) is 0 Å². The van der Waals surface area contributed by atoms with Crippen LogP contribution in [0.3, 0.4) is 0 Å². The van der Waals surface area contributed by atoms with Gasteiger partial charge in [0, 0.05) is 12.5 Å². The van der Waals surface area contributed by atoms with E-state index in [1.165, 1.54) is 30.7 Å². The Kier molecular flexibility index (Phi) is 3.69. The number of halogens is 1. The maximum absolute atomic E-state index is 13.0. The zero-order chi connectivity index (χ0) is 13.9. The summed E-state index contributed by atoms with van der Waals surface area (Å²) in [6, 6.07) is 6.46. The Labute approximate surface area is 117 Å². The van der Waals surface area contributed by atoms with Crippen LogP contribution in [-0.2, 0) is 0 Å². The van der Waals surface area contributed by atoms with Crippen LogP contribution in [0.25, 0.3) is 5.69 Å². The Balaban J connectivity index is 1.88. The first-order valence-corrected chi connectivity index (χ1v) is 7.07. The zero-order valence-electron chi connectivity index (χ0n) is 11.3. The molecule has 1 aliphatic carbocycles. The van der Waals surface area contributed by atoms with Crippen molar-refractivity contribution in [3.63, 3.8) is 0 Å². The average molecular weight is 274 g/mol. The van der Waals surface area contributed by atoms with E-state index in [0.717, 1.165) is 24.3 Å². The lowest BCUT2D eigenvalue weighted by Crippen LogP contribution is -2.10. The fourth-order valence-electron chi connectivity index (χ4n) is 2.36. The number of hydrogen-bond donors (Lipinski definition) is 2. The van der Waals surface area contributed by atoms with Crippen molar-refractivity contribution in [1.29, 1.82) is 0 Å². The maximum Gasteiger partial charge on any atom is 0.123 e. The topological polar surface area (TPSA) is 55.9 Å².